The molecule has 2 N–H and O–H groups in total. The fraction of sp³-hybridized carbons (Fsp3) is 0.143. The fourth-order valence-corrected chi connectivity index (χ4v) is 3.49. The van der Waals surface area contributed by atoms with Gasteiger partial charge in [0.15, 0.2) is 0 Å². The summed E-state index contributed by atoms with van der Waals surface area (Å²) in [5.41, 5.74) is 3.21. The third-order valence-electron chi connectivity index (χ3n) is 4.34. The number of rotatable bonds is 6. The lowest BCUT2D eigenvalue weighted by Crippen LogP contribution is -2.26. The van der Waals surface area contributed by atoms with Gasteiger partial charge in [-0.15, -0.1) is 0 Å². The molecule has 0 aliphatic carbocycles. The summed E-state index contributed by atoms with van der Waals surface area (Å²) < 4.78 is 17.0. The van der Waals surface area contributed by atoms with Gasteiger partial charge in [0.1, 0.15) is 16.7 Å². The zero-order chi connectivity index (χ0) is 20.1. The van der Waals surface area contributed by atoms with Crippen LogP contribution in [0.15, 0.2) is 71.9 Å². The van der Waals surface area contributed by atoms with Crippen molar-refractivity contribution in [1.82, 2.24) is 9.88 Å². The molecule has 0 saturated heterocycles. The van der Waals surface area contributed by atoms with E-state index in [9.17, 15) is 9.00 Å². The number of pyridine rings is 1. The van der Waals surface area contributed by atoms with Gasteiger partial charge in [0.25, 0.3) is 5.91 Å². The number of methoxy groups -OCH3 is 1. The molecule has 0 aliphatic rings. The van der Waals surface area contributed by atoms with Gasteiger partial charge < -0.3 is 9.64 Å². The zero-order valence-electron chi connectivity index (χ0n) is 15.7. The van der Waals surface area contributed by atoms with Crippen LogP contribution in [0.25, 0.3) is 11.1 Å². The first-order chi connectivity index (χ1) is 13.5. The summed E-state index contributed by atoms with van der Waals surface area (Å²) in [5.74, 6) is 0.378. The van der Waals surface area contributed by atoms with E-state index in [4.69, 9.17) is 9.88 Å². The van der Waals surface area contributed by atoms with Crippen molar-refractivity contribution in [3.8, 4) is 16.9 Å². The molecule has 0 aliphatic heterocycles. The Balaban J connectivity index is 1.87. The van der Waals surface area contributed by atoms with Gasteiger partial charge in [-0.05, 0) is 53.1 Å². The first-order valence-electron chi connectivity index (χ1n) is 8.58. The Kier molecular flexibility index (Phi) is 6.18. The number of hydrogen-bond acceptors (Lipinski definition) is 4. The molecule has 0 saturated carbocycles. The molecule has 144 valence electrons. The maximum absolute atomic E-state index is 12.8. The standard InChI is InChI=1S/C21H21N3O3S/c1-24(14-15-8-10-23-11-9-15)21(25)18-5-3-4-16(12-18)17-6-7-19(27-2)20(13-17)28(22)26/h3-13H,14,22H2,1-2H3. The minimum absolute atomic E-state index is 0.0881. The van der Waals surface area contributed by atoms with E-state index in [0.717, 1.165) is 16.7 Å². The van der Waals surface area contributed by atoms with E-state index < -0.39 is 11.0 Å². The van der Waals surface area contributed by atoms with Gasteiger partial charge in [-0.1, -0.05) is 18.2 Å². The molecule has 0 radical (unpaired) electrons. The molecule has 1 aromatic heterocycles. The first-order valence-corrected chi connectivity index (χ1v) is 9.80. The van der Waals surface area contributed by atoms with Gasteiger partial charge >= 0.3 is 0 Å². The second-order valence-electron chi connectivity index (χ2n) is 6.26. The SMILES string of the molecule is COc1ccc(-c2cccc(C(=O)N(C)Cc3ccncc3)c2)cc1S(N)=O. The van der Waals surface area contributed by atoms with Crippen LogP contribution in [0, 0.1) is 0 Å². The lowest BCUT2D eigenvalue weighted by atomic mass is 10.0. The van der Waals surface area contributed by atoms with Gasteiger partial charge in [0.05, 0.1) is 12.0 Å². The van der Waals surface area contributed by atoms with Crippen LogP contribution < -0.4 is 9.88 Å². The Morgan fingerprint density at radius 1 is 1.11 bits per heavy atom. The Hall–Kier alpha value is -3.03. The second kappa shape index (κ2) is 8.77. The molecule has 2 aromatic carbocycles. The number of benzene rings is 2. The molecule has 3 aromatic rings. The van der Waals surface area contributed by atoms with E-state index in [1.54, 1.807) is 42.5 Å². The molecule has 6 nitrogen and oxygen atoms in total. The van der Waals surface area contributed by atoms with Crippen molar-refractivity contribution in [3.63, 3.8) is 0 Å². The number of nitrogens with two attached hydrogens (primary N) is 1. The minimum atomic E-state index is -1.67. The van der Waals surface area contributed by atoms with Crippen molar-refractivity contribution in [1.29, 1.82) is 0 Å². The molecule has 28 heavy (non-hydrogen) atoms. The van der Waals surface area contributed by atoms with Crippen LogP contribution in [-0.2, 0) is 17.5 Å². The van der Waals surface area contributed by atoms with E-state index in [-0.39, 0.29) is 5.91 Å². The minimum Gasteiger partial charge on any atom is -0.495 e. The summed E-state index contributed by atoms with van der Waals surface area (Å²) in [5, 5.41) is 5.56. The van der Waals surface area contributed by atoms with Crippen LogP contribution in [0.2, 0.25) is 0 Å². The average Bonchev–Trinajstić information content (AvgIpc) is 2.73. The quantitative estimate of drug-likeness (QED) is 0.695. The third-order valence-corrected chi connectivity index (χ3v) is 5.09. The van der Waals surface area contributed by atoms with Crippen molar-refractivity contribution < 1.29 is 13.7 Å². The van der Waals surface area contributed by atoms with Crippen molar-refractivity contribution in [2.75, 3.05) is 14.2 Å². The summed E-state index contributed by atoms with van der Waals surface area (Å²) in [7, 11) is 1.59. The zero-order valence-corrected chi connectivity index (χ0v) is 16.5. The number of nitrogens with zero attached hydrogens (tertiary/aromatic N) is 2. The normalized spacial score (nSPS) is 11.7. The number of amides is 1. The molecule has 1 unspecified atom stereocenters. The van der Waals surface area contributed by atoms with Gasteiger partial charge in [-0.25, -0.2) is 9.35 Å². The van der Waals surface area contributed by atoms with E-state index >= 15 is 0 Å². The molecule has 1 amide bonds. The number of aromatic nitrogens is 1. The molecule has 3 rings (SSSR count). The van der Waals surface area contributed by atoms with Gasteiger partial charge in [0.2, 0.25) is 0 Å². The first kappa shape index (κ1) is 19.7. The topological polar surface area (TPSA) is 85.5 Å². The Bertz CT molecular complexity index is 1010. The van der Waals surface area contributed by atoms with Crippen LogP contribution in [0.1, 0.15) is 15.9 Å². The lowest BCUT2D eigenvalue weighted by molar-refractivity contribution is 0.0785. The van der Waals surface area contributed by atoms with Crippen molar-refractivity contribution in [2.45, 2.75) is 11.4 Å². The smallest absolute Gasteiger partial charge is 0.253 e. The predicted octanol–water partition coefficient (Wildman–Crippen LogP) is 3.01. The van der Waals surface area contributed by atoms with E-state index in [1.807, 2.05) is 36.4 Å². The van der Waals surface area contributed by atoms with Crippen molar-refractivity contribution in [2.24, 2.45) is 5.14 Å². The Morgan fingerprint density at radius 2 is 1.82 bits per heavy atom. The third kappa shape index (κ3) is 4.44. The van der Waals surface area contributed by atoms with Crippen LogP contribution in [0.4, 0.5) is 0 Å². The second-order valence-corrected chi connectivity index (χ2v) is 7.30. The van der Waals surface area contributed by atoms with Crippen molar-refractivity contribution in [3.05, 3.63) is 78.1 Å². The van der Waals surface area contributed by atoms with Crippen LogP contribution in [0.5, 0.6) is 5.75 Å². The molecule has 1 atom stereocenters. The molecular weight excluding hydrogens is 374 g/mol. The van der Waals surface area contributed by atoms with Crippen LogP contribution in [-0.4, -0.2) is 34.2 Å². The summed E-state index contributed by atoms with van der Waals surface area (Å²) >= 11 is 0. The van der Waals surface area contributed by atoms with E-state index in [0.29, 0.717) is 22.8 Å². The maximum Gasteiger partial charge on any atom is 0.253 e. The van der Waals surface area contributed by atoms with Gasteiger partial charge in [-0.2, -0.15) is 0 Å². The summed E-state index contributed by atoms with van der Waals surface area (Å²) in [4.78, 5) is 18.9. The highest BCUT2D eigenvalue weighted by Gasteiger charge is 2.14. The lowest BCUT2D eigenvalue weighted by Gasteiger charge is -2.18. The molecule has 0 bridgehead atoms. The highest BCUT2D eigenvalue weighted by atomic mass is 32.2. The molecule has 0 fully saturated rings. The Labute approximate surface area is 166 Å². The summed E-state index contributed by atoms with van der Waals surface area (Å²) in [6.45, 7) is 0.490. The molecular formula is C21H21N3O3S. The van der Waals surface area contributed by atoms with Gasteiger partial charge in [-0.3, -0.25) is 9.78 Å². The van der Waals surface area contributed by atoms with Crippen molar-refractivity contribution >= 4 is 16.9 Å². The van der Waals surface area contributed by atoms with E-state index in [2.05, 4.69) is 4.98 Å². The van der Waals surface area contributed by atoms with Crippen LogP contribution in [0.3, 0.4) is 0 Å². The van der Waals surface area contributed by atoms with Gasteiger partial charge in [0, 0.05) is 31.5 Å². The van der Waals surface area contributed by atoms with E-state index in [1.165, 1.54) is 7.11 Å². The largest absolute Gasteiger partial charge is 0.495 e. The number of carbonyl (C=O) groups is 1. The summed E-state index contributed by atoms with van der Waals surface area (Å²) in [6.07, 6.45) is 3.41. The van der Waals surface area contributed by atoms with Crippen LogP contribution >= 0.6 is 0 Å². The Morgan fingerprint density at radius 3 is 2.50 bits per heavy atom. The number of hydrogen-bond donors (Lipinski definition) is 1. The number of carbonyl (C=O) groups excluding carboxylic acids is 1. The maximum atomic E-state index is 12.8. The highest BCUT2D eigenvalue weighted by Crippen LogP contribution is 2.28. The molecule has 1 heterocycles. The molecule has 0 spiro atoms. The fourth-order valence-electron chi connectivity index (χ4n) is 2.90. The summed E-state index contributed by atoms with van der Waals surface area (Å²) in [6, 6.07) is 16.4. The highest BCUT2D eigenvalue weighted by molar-refractivity contribution is 7.82. The number of ether oxygens (including phenoxy) is 1. The predicted molar refractivity (Wildman–Crippen MR) is 109 cm³/mol. The average molecular weight is 395 g/mol. The monoisotopic (exact) mass is 395 g/mol. The molecule has 7 heteroatoms.